The minimum atomic E-state index is -4.51. The number of aromatic nitrogens is 1. The number of carboxylic acids is 1. The number of carboxylic acid groups (broad SMARTS) is 1. The zero-order valence-corrected chi connectivity index (χ0v) is 13.6. The van der Waals surface area contributed by atoms with Gasteiger partial charge in [-0.1, -0.05) is 6.07 Å². The van der Waals surface area contributed by atoms with Gasteiger partial charge in [-0.05, 0) is 38.8 Å². The van der Waals surface area contributed by atoms with Crippen molar-refractivity contribution in [3.63, 3.8) is 0 Å². The van der Waals surface area contributed by atoms with E-state index >= 15 is 0 Å². The molecule has 0 saturated carbocycles. The van der Waals surface area contributed by atoms with E-state index in [-0.39, 0.29) is 5.56 Å². The first-order valence-electron chi connectivity index (χ1n) is 7.33. The average Bonchev–Trinajstić information content (AvgIpc) is 2.40. The maximum absolute atomic E-state index is 12.5. The molecule has 0 amide bonds. The van der Waals surface area contributed by atoms with Crippen LogP contribution in [0.2, 0.25) is 0 Å². The Hall–Kier alpha value is -2.12. The van der Waals surface area contributed by atoms with Gasteiger partial charge in [-0.3, -0.25) is 14.6 Å². The Labute approximate surface area is 137 Å². The summed E-state index contributed by atoms with van der Waals surface area (Å²) in [7, 11) is 0. The largest absolute Gasteiger partial charge is 0.481 e. The maximum atomic E-state index is 12.5. The Kier molecular flexibility index (Phi) is 6.34. The van der Waals surface area contributed by atoms with Crippen LogP contribution in [0, 0.1) is 5.92 Å². The highest BCUT2D eigenvalue weighted by Crippen LogP contribution is 2.34. The maximum Gasteiger partial charge on any atom is 0.389 e. The molecule has 24 heavy (non-hydrogen) atoms. The number of carbonyl (C=O) groups is 2. The Morgan fingerprint density at radius 1 is 1.29 bits per heavy atom. The van der Waals surface area contributed by atoms with Gasteiger partial charge in [0.15, 0.2) is 0 Å². The summed E-state index contributed by atoms with van der Waals surface area (Å²) in [5.41, 5.74) is -0.689. The summed E-state index contributed by atoms with van der Waals surface area (Å²) in [6.45, 7) is 4.78. The van der Waals surface area contributed by atoms with Crippen LogP contribution >= 0.6 is 0 Å². The summed E-state index contributed by atoms with van der Waals surface area (Å²) < 4.78 is 42.7. The molecule has 1 heterocycles. The molecule has 5 nitrogen and oxygen atoms in total. The molecular formula is C16H20F3NO4. The number of alkyl halides is 3. The Morgan fingerprint density at radius 2 is 1.92 bits per heavy atom. The summed E-state index contributed by atoms with van der Waals surface area (Å²) in [4.78, 5) is 27.8. The highest BCUT2D eigenvalue weighted by Gasteiger charge is 2.40. The Balaban J connectivity index is 3.18. The van der Waals surface area contributed by atoms with Crippen molar-refractivity contribution in [2.45, 2.75) is 51.3 Å². The van der Waals surface area contributed by atoms with Crippen LogP contribution in [-0.4, -0.2) is 33.8 Å². The topological polar surface area (TPSA) is 76.5 Å². The molecule has 1 N–H and O–H groups in total. The van der Waals surface area contributed by atoms with E-state index in [1.54, 1.807) is 20.8 Å². The number of hydrogen-bond acceptors (Lipinski definition) is 4. The smallest absolute Gasteiger partial charge is 0.389 e. The first kappa shape index (κ1) is 19.9. The van der Waals surface area contributed by atoms with E-state index in [1.807, 2.05) is 0 Å². The molecule has 0 radical (unpaired) electrons. The van der Waals surface area contributed by atoms with Gasteiger partial charge in [-0.15, -0.1) is 0 Å². The monoisotopic (exact) mass is 347 g/mol. The van der Waals surface area contributed by atoms with E-state index in [4.69, 9.17) is 4.74 Å². The van der Waals surface area contributed by atoms with E-state index in [2.05, 4.69) is 4.98 Å². The van der Waals surface area contributed by atoms with Gasteiger partial charge in [-0.2, -0.15) is 13.2 Å². The van der Waals surface area contributed by atoms with E-state index in [1.165, 1.54) is 24.5 Å². The van der Waals surface area contributed by atoms with Gasteiger partial charge in [-0.25, -0.2) is 0 Å². The number of carbonyl (C=O) groups excluding carboxylic acids is 1. The third kappa shape index (κ3) is 6.55. The van der Waals surface area contributed by atoms with E-state index in [0.717, 1.165) is 0 Å². The number of esters is 1. The lowest BCUT2D eigenvalue weighted by molar-refractivity contribution is -0.165. The molecule has 2 atom stereocenters. The minimum absolute atomic E-state index is 0.210. The number of nitrogens with zero attached hydrogens (tertiary/aromatic N) is 1. The molecule has 0 bridgehead atoms. The summed E-state index contributed by atoms with van der Waals surface area (Å²) in [5, 5.41) is 9.35. The van der Waals surface area contributed by atoms with Crippen LogP contribution in [0.3, 0.4) is 0 Å². The van der Waals surface area contributed by atoms with Crippen molar-refractivity contribution in [2.75, 3.05) is 0 Å². The lowest BCUT2D eigenvalue weighted by atomic mass is 9.83. The number of pyridine rings is 1. The van der Waals surface area contributed by atoms with Crippen LogP contribution in [0.4, 0.5) is 13.2 Å². The van der Waals surface area contributed by atoms with Gasteiger partial charge in [0.05, 0.1) is 11.8 Å². The summed E-state index contributed by atoms with van der Waals surface area (Å²) >= 11 is 0. The van der Waals surface area contributed by atoms with Gasteiger partial charge in [0.2, 0.25) is 0 Å². The SMILES string of the molecule is CC(C)(C)OC(=O)[C@@H](c1cccnc1)C(CCC(F)(F)F)C(=O)O. The second-order valence-corrected chi connectivity index (χ2v) is 6.40. The van der Waals surface area contributed by atoms with Crippen LogP contribution in [0.1, 0.15) is 45.1 Å². The van der Waals surface area contributed by atoms with Gasteiger partial charge in [0.25, 0.3) is 0 Å². The molecule has 0 saturated heterocycles. The fourth-order valence-corrected chi connectivity index (χ4v) is 2.21. The van der Waals surface area contributed by atoms with E-state index in [0.29, 0.717) is 0 Å². The van der Waals surface area contributed by atoms with Crippen LogP contribution in [-0.2, 0) is 14.3 Å². The molecule has 0 spiro atoms. The first-order chi connectivity index (χ1) is 10.9. The van der Waals surface area contributed by atoms with Crippen molar-refractivity contribution < 1.29 is 32.6 Å². The van der Waals surface area contributed by atoms with E-state index < -0.39 is 48.4 Å². The van der Waals surface area contributed by atoms with Crippen LogP contribution in [0.25, 0.3) is 0 Å². The molecule has 0 aliphatic heterocycles. The molecule has 1 aromatic rings. The standard InChI is InChI=1S/C16H20F3NO4/c1-15(2,3)24-14(23)12(10-5-4-8-20-9-10)11(13(21)22)6-7-16(17,18)19/h4-5,8-9,11-12H,6-7H2,1-3H3,(H,21,22)/t11?,12-/m0/s1. The fourth-order valence-electron chi connectivity index (χ4n) is 2.21. The van der Waals surface area contributed by atoms with Gasteiger partial charge in [0.1, 0.15) is 5.60 Å². The lowest BCUT2D eigenvalue weighted by Crippen LogP contribution is -2.34. The van der Waals surface area contributed by atoms with Crippen molar-refractivity contribution in [2.24, 2.45) is 5.92 Å². The van der Waals surface area contributed by atoms with Crippen LogP contribution in [0.15, 0.2) is 24.5 Å². The number of rotatable bonds is 6. The van der Waals surface area contributed by atoms with Crippen molar-refractivity contribution in [3.05, 3.63) is 30.1 Å². The summed E-state index contributed by atoms with van der Waals surface area (Å²) in [5.74, 6) is -5.30. The highest BCUT2D eigenvalue weighted by atomic mass is 19.4. The molecule has 0 aromatic carbocycles. The van der Waals surface area contributed by atoms with E-state index in [9.17, 15) is 27.9 Å². The predicted molar refractivity (Wildman–Crippen MR) is 79.2 cm³/mol. The number of hydrogen-bond donors (Lipinski definition) is 1. The molecule has 0 aliphatic rings. The third-order valence-electron chi connectivity index (χ3n) is 3.16. The van der Waals surface area contributed by atoms with Crippen LogP contribution < -0.4 is 0 Å². The molecule has 1 aromatic heterocycles. The van der Waals surface area contributed by atoms with Crippen molar-refractivity contribution in [3.8, 4) is 0 Å². The quantitative estimate of drug-likeness (QED) is 0.797. The van der Waals surface area contributed by atoms with Gasteiger partial charge in [0, 0.05) is 18.8 Å². The molecule has 0 aliphatic carbocycles. The average molecular weight is 347 g/mol. The lowest BCUT2D eigenvalue weighted by Gasteiger charge is -2.27. The minimum Gasteiger partial charge on any atom is -0.481 e. The molecule has 0 fully saturated rings. The van der Waals surface area contributed by atoms with Crippen molar-refractivity contribution in [1.29, 1.82) is 0 Å². The number of ether oxygens (including phenoxy) is 1. The Morgan fingerprint density at radius 3 is 2.33 bits per heavy atom. The molecule has 134 valence electrons. The Bertz CT molecular complexity index is 567. The van der Waals surface area contributed by atoms with Gasteiger partial charge < -0.3 is 9.84 Å². The highest BCUT2D eigenvalue weighted by molar-refractivity contribution is 5.85. The number of aliphatic carboxylic acids is 1. The summed E-state index contributed by atoms with van der Waals surface area (Å²) in [6, 6.07) is 2.93. The zero-order chi connectivity index (χ0) is 18.5. The zero-order valence-electron chi connectivity index (χ0n) is 13.6. The molecule has 8 heteroatoms. The number of halogens is 3. The van der Waals surface area contributed by atoms with Crippen molar-refractivity contribution >= 4 is 11.9 Å². The third-order valence-corrected chi connectivity index (χ3v) is 3.16. The fraction of sp³-hybridized carbons (Fsp3) is 0.562. The molecule has 1 unspecified atom stereocenters. The predicted octanol–water partition coefficient (Wildman–Crippen LogP) is 3.55. The normalized spacial score (nSPS) is 14.8. The van der Waals surface area contributed by atoms with Gasteiger partial charge >= 0.3 is 18.1 Å². The second kappa shape index (κ2) is 7.63. The summed E-state index contributed by atoms with van der Waals surface area (Å²) in [6.07, 6.45) is -3.86. The van der Waals surface area contributed by atoms with Crippen LogP contribution in [0.5, 0.6) is 0 Å². The van der Waals surface area contributed by atoms with Crippen molar-refractivity contribution in [1.82, 2.24) is 4.98 Å². The first-order valence-corrected chi connectivity index (χ1v) is 7.33. The molecular weight excluding hydrogens is 327 g/mol. The second-order valence-electron chi connectivity index (χ2n) is 6.40. The molecule has 1 rings (SSSR count).